The van der Waals surface area contributed by atoms with Crippen molar-refractivity contribution in [3.8, 4) is 5.75 Å². The molecule has 0 bridgehead atoms. The van der Waals surface area contributed by atoms with E-state index in [1.165, 1.54) is 6.07 Å². The number of pyridine rings is 2. The van der Waals surface area contributed by atoms with Crippen LogP contribution in [0.25, 0.3) is 11.1 Å². The Bertz CT molecular complexity index is 1100. The summed E-state index contributed by atoms with van der Waals surface area (Å²) in [5, 5.41) is 9.82. The summed E-state index contributed by atoms with van der Waals surface area (Å²) in [7, 11) is 0. The minimum absolute atomic E-state index is 0.128. The fraction of sp³-hybridized carbons (Fsp3) is 0.381. The fourth-order valence-corrected chi connectivity index (χ4v) is 4.57. The lowest BCUT2D eigenvalue weighted by molar-refractivity contribution is 0.0209. The highest BCUT2D eigenvalue weighted by molar-refractivity contribution is 14.1. The van der Waals surface area contributed by atoms with Crippen LogP contribution in [0.1, 0.15) is 45.4 Å². The zero-order valence-corrected chi connectivity index (χ0v) is 24.7. The minimum Gasteiger partial charge on any atom is -0.505 e. The van der Waals surface area contributed by atoms with Crippen molar-refractivity contribution >= 4 is 94.8 Å². The lowest BCUT2D eigenvalue weighted by Crippen LogP contribution is -2.36. The number of hydrogen-bond donors (Lipinski definition) is 1. The average molecular weight is 736 g/mol. The summed E-state index contributed by atoms with van der Waals surface area (Å²) in [5.41, 5.74) is 0.814. The van der Waals surface area contributed by atoms with Gasteiger partial charge in [0.25, 0.3) is 0 Å². The van der Waals surface area contributed by atoms with Crippen LogP contribution >= 0.6 is 77.7 Å². The van der Waals surface area contributed by atoms with Crippen LogP contribution in [0, 0.1) is 3.70 Å². The number of furan rings is 1. The zero-order valence-electron chi connectivity index (χ0n) is 17.8. The van der Waals surface area contributed by atoms with E-state index in [4.69, 9.17) is 37.5 Å². The Balaban J connectivity index is 0.000000257. The minimum atomic E-state index is -0.516. The van der Waals surface area contributed by atoms with Gasteiger partial charge in [-0.2, -0.15) is 0 Å². The average Bonchev–Trinajstić information content (AvgIpc) is 3.33. The molecule has 0 unspecified atom stereocenters. The van der Waals surface area contributed by atoms with Crippen LogP contribution in [0.3, 0.4) is 0 Å². The van der Waals surface area contributed by atoms with Crippen molar-refractivity contribution in [2.24, 2.45) is 0 Å². The third-order valence-corrected chi connectivity index (χ3v) is 7.55. The molecule has 12 heteroatoms. The maximum absolute atomic E-state index is 12.4. The third-order valence-electron chi connectivity index (χ3n) is 4.51. The molecular weight excluding hydrogens is 716 g/mol. The first-order chi connectivity index (χ1) is 15.4. The number of aromatic nitrogens is 2. The summed E-state index contributed by atoms with van der Waals surface area (Å²) >= 11 is 20.0. The summed E-state index contributed by atoms with van der Waals surface area (Å²) in [6, 6.07) is 5.02. The Morgan fingerprint density at radius 2 is 1.85 bits per heavy atom. The van der Waals surface area contributed by atoms with Gasteiger partial charge in [0.15, 0.2) is 5.58 Å². The first-order valence-electron chi connectivity index (χ1n) is 9.81. The van der Waals surface area contributed by atoms with Crippen LogP contribution in [0.4, 0.5) is 4.79 Å². The summed E-state index contributed by atoms with van der Waals surface area (Å²) in [6.45, 7) is 6.25. The molecule has 1 amide bonds. The lowest BCUT2D eigenvalue weighted by Gasteiger charge is -2.27. The van der Waals surface area contributed by atoms with Crippen molar-refractivity contribution in [1.82, 2.24) is 14.9 Å². The van der Waals surface area contributed by atoms with Gasteiger partial charge >= 0.3 is 6.09 Å². The largest absolute Gasteiger partial charge is 0.505 e. The molecule has 3 aromatic rings. The predicted octanol–water partition coefficient (Wildman–Crippen LogP) is 8.12. The van der Waals surface area contributed by atoms with E-state index in [-0.39, 0.29) is 17.9 Å². The van der Waals surface area contributed by atoms with Crippen LogP contribution in [-0.2, 0) is 4.74 Å². The molecule has 3 aromatic heterocycles. The van der Waals surface area contributed by atoms with Gasteiger partial charge in [-0.1, -0.05) is 23.2 Å². The smallest absolute Gasteiger partial charge is 0.410 e. The molecule has 1 saturated heterocycles. The van der Waals surface area contributed by atoms with Crippen LogP contribution in [0.2, 0.25) is 10.3 Å². The number of halogens is 5. The van der Waals surface area contributed by atoms with E-state index in [1.54, 1.807) is 11.0 Å². The second kappa shape index (κ2) is 10.8. The molecule has 0 aromatic carbocycles. The molecule has 1 aliphatic heterocycles. The number of likely N-dealkylation sites (tertiary alicyclic amines) is 1. The van der Waals surface area contributed by atoms with Gasteiger partial charge in [0.05, 0.1) is 15.0 Å². The van der Waals surface area contributed by atoms with Gasteiger partial charge in [0.1, 0.15) is 36.6 Å². The Kier molecular flexibility index (Phi) is 8.80. The second-order valence-electron chi connectivity index (χ2n) is 8.20. The number of hydrogen-bond acceptors (Lipinski definition) is 6. The molecule has 7 nitrogen and oxygen atoms in total. The Morgan fingerprint density at radius 1 is 1.21 bits per heavy atom. The lowest BCUT2D eigenvalue weighted by atomic mass is 10.1. The van der Waals surface area contributed by atoms with E-state index in [0.29, 0.717) is 46.4 Å². The Hall–Kier alpha value is -0.820. The van der Waals surface area contributed by atoms with Crippen molar-refractivity contribution in [3.05, 3.63) is 46.9 Å². The van der Waals surface area contributed by atoms with Gasteiger partial charge in [-0.05, 0) is 94.1 Å². The van der Waals surface area contributed by atoms with E-state index in [9.17, 15) is 4.79 Å². The molecule has 4 rings (SSSR count). The number of fused-ring (bicyclic) bond motifs is 1. The molecule has 0 saturated carbocycles. The van der Waals surface area contributed by atoms with Crippen LogP contribution in [0.5, 0.6) is 5.75 Å². The summed E-state index contributed by atoms with van der Waals surface area (Å²) in [4.78, 5) is 22.2. The van der Waals surface area contributed by atoms with Gasteiger partial charge < -0.3 is 14.3 Å². The summed E-state index contributed by atoms with van der Waals surface area (Å²) < 4.78 is 13.2. The van der Waals surface area contributed by atoms with E-state index in [1.807, 2.05) is 49.4 Å². The monoisotopic (exact) mass is 733 g/mol. The highest BCUT2D eigenvalue weighted by atomic mass is 127. The number of nitrogens with zero attached hydrogens (tertiary/aromatic N) is 3. The number of carbonyl (C=O) groups is 1. The predicted molar refractivity (Wildman–Crippen MR) is 143 cm³/mol. The molecule has 33 heavy (non-hydrogen) atoms. The fourth-order valence-electron chi connectivity index (χ4n) is 3.14. The maximum Gasteiger partial charge on any atom is 0.410 e. The van der Waals surface area contributed by atoms with E-state index in [2.05, 4.69) is 41.8 Å². The van der Waals surface area contributed by atoms with E-state index >= 15 is 0 Å². The van der Waals surface area contributed by atoms with Gasteiger partial charge in [0.2, 0.25) is 0 Å². The zero-order chi connectivity index (χ0) is 24.5. The topological polar surface area (TPSA) is 88.7 Å². The van der Waals surface area contributed by atoms with Crippen molar-refractivity contribution in [1.29, 1.82) is 0 Å². The van der Waals surface area contributed by atoms with Gasteiger partial charge in [-0.25, -0.2) is 14.8 Å². The van der Waals surface area contributed by atoms with Gasteiger partial charge in [0, 0.05) is 18.7 Å². The molecule has 0 aliphatic carbocycles. The quantitative estimate of drug-likeness (QED) is 0.201. The number of rotatable bonds is 1. The van der Waals surface area contributed by atoms with E-state index in [0.717, 1.165) is 12.8 Å². The molecule has 4 heterocycles. The second-order valence-corrected chi connectivity index (χ2v) is 11.6. The normalized spacial score (nSPS) is 16.0. The van der Waals surface area contributed by atoms with E-state index < -0.39 is 5.60 Å². The molecule has 0 spiro atoms. The van der Waals surface area contributed by atoms with Gasteiger partial charge in [-0.15, -0.1) is 0 Å². The van der Waals surface area contributed by atoms with Gasteiger partial charge in [-0.3, -0.25) is 4.90 Å². The van der Waals surface area contributed by atoms with Crippen molar-refractivity contribution in [3.63, 3.8) is 0 Å². The highest BCUT2D eigenvalue weighted by Gasteiger charge is 2.35. The Morgan fingerprint density at radius 3 is 2.48 bits per heavy atom. The number of ether oxygens (including phenoxy) is 1. The molecular formula is C21H20Br2Cl2IN3O4. The molecule has 0 radical (unpaired) electrons. The standard InChI is InChI=1S/C16H18BrClN2O3.C5H2BrClINO/c1-16(2,3)23-15(21)20-6-4-5-11(20)13-8-10-12(22-13)7-9(17)14(18)19-10;6-2-1-3(10)5(8)9-4(2)7/h7-8,11H,4-6H2,1-3H3;1,10H/t11-;/m1./s1. The molecule has 1 fully saturated rings. The molecule has 1 N–H and O–H groups in total. The van der Waals surface area contributed by atoms with Crippen molar-refractivity contribution in [2.45, 2.75) is 45.3 Å². The van der Waals surface area contributed by atoms with Crippen molar-refractivity contribution in [2.75, 3.05) is 6.54 Å². The number of carbonyl (C=O) groups excluding carboxylic acids is 1. The molecule has 1 aliphatic rings. The van der Waals surface area contributed by atoms with Crippen molar-refractivity contribution < 1.29 is 19.1 Å². The Labute approximate surface area is 231 Å². The maximum atomic E-state index is 12.4. The first kappa shape index (κ1) is 26.8. The van der Waals surface area contributed by atoms with Crippen LogP contribution in [-0.4, -0.2) is 38.2 Å². The molecule has 1 atom stereocenters. The van der Waals surface area contributed by atoms with Crippen LogP contribution in [0.15, 0.2) is 31.6 Å². The highest BCUT2D eigenvalue weighted by Crippen LogP contribution is 2.37. The summed E-state index contributed by atoms with van der Waals surface area (Å²) in [6.07, 6.45) is 1.44. The third kappa shape index (κ3) is 6.87. The SMILES string of the molecule is CC(C)(C)OC(=O)N1CCC[C@@H]1c1cc2nc(Cl)c(Br)cc2o1.Oc1cc(Br)c(Cl)nc1I. The first-order valence-corrected chi connectivity index (χ1v) is 13.2. The molecule has 178 valence electrons. The van der Waals surface area contributed by atoms with Crippen LogP contribution < -0.4 is 0 Å². The number of amides is 1. The summed E-state index contributed by atoms with van der Waals surface area (Å²) in [5.74, 6) is 0.849. The number of aromatic hydroxyl groups is 1.